The molecule has 0 atom stereocenters. The van der Waals surface area contributed by atoms with E-state index in [9.17, 15) is 19.7 Å². The van der Waals surface area contributed by atoms with Crippen molar-refractivity contribution in [1.29, 1.82) is 0 Å². The van der Waals surface area contributed by atoms with Crippen LogP contribution in [0.1, 0.15) is 5.56 Å². The van der Waals surface area contributed by atoms with Crippen molar-refractivity contribution in [3.8, 4) is 5.75 Å². The number of rotatable bonds is 9. The summed E-state index contributed by atoms with van der Waals surface area (Å²) in [5, 5.41) is 14.7. The smallest absolute Gasteiger partial charge is 0.269 e. The molecule has 0 radical (unpaired) electrons. The number of amides is 2. The summed E-state index contributed by atoms with van der Waals surface area (Å²) in [4.78, 5) is 33.3. The number of nitrogens with one attached hydrogen (secondary N) is 1. The Bertz CT molecular complexity index is 905. The number of thioether (sulfide) groups is 1. The van der Waals surface area contributed by atoms with Gasteiger partial charge in [0.25, 0.3) is 11.6 Å². The lowest BCUT2D eigenvalue weighted by Gasteiger charge is -2.06. The Kier molecular flexibility index (Phi) is 7.78. The van der Waals surface area contributed by atoms with Gasteiger partial charge in [0.15, 0.2) is 6.61 Å². The predicted octanol–water partition coefficient (Wildman–Crippen LogP) is 2.35. The average Bonchev–Trinajstić information content (AvgIpc) is 2.66. The second-order valence-corrected chi connectivity index (χ2v) is 6.73. The first-order chi connectivity index (χ1) is 13.3. The highest BCUT2D eigenvalue weighted by Crippen LogP contribution is 2.25. The Labute approximate surface area is 169 Å². The molecule has 28 heavy (non-hydrogen) atoms. The van der Waals surface area contributed by atoms with Gasteiger partial charge in [-0.1, -0.05) is 11.6 Å². The minimum absolute atomic E-state index is 0.0110. The van der Waals surface area contributed by atoms with Crippen LogP contribution < -0.4 is 15.9 Å². The van der Waals surface area contributed by atoms with Crippen molar-refractivity contribution in [3.63, 3.8) is 0 Å². The zero-order valence-electron chi connectivity index (χ0n) is 14.3. The van der Waals surface area contributed by atoms with Crippen molar-refractivity contribution in [2.75, 3.05) is 12.4 Å². The molecule has 9 nitrogen and oxygen atoms in total. The molecular formula is C17H15ClN4O5S. The van der Waals surface area contributed by atoms with Crippen LogP contribution in [0.4, 0.5) is 5.69 Å². The molecule has 0 heterocycles. The fraction of sp³-hybridized carbons (Fsp3) is 0.118. The van der Waals surface area contributed by atoms with Crippen LogP contribution in [0.2, 0.25) is 5.02 Å². The van der Waals surface area contributed by atoms with Crippen LogP contribution in [-0.4, -0.2) is 35.3 Å². The molecule has 2 rings (SSSR count). The standard InChI is InChI=1S/C17H15ClN4O5S/c18-14-7-11(1-6-15(14)27-9-16(19)23)8-20-21-17(24)10-28-13-4-2-12(3-5-13)22(25)26/h1-8H,9-10H2,(H2,19,23)(H,21,24). The molecule has 0 saturated heterocycles. The number of benzene rings is 2. The van der Waals surface area contributed by atoms with E-state index in [4.69, 9.17) is 22.1 Å². The number of hydrazone groups is 1. The van der Waals surface area contributed by atoms with E-state index in [-0.39, 0.29) is 29.0 Å². The Morgan fingerprint density at radius 2 is 2.00 bits per heavy atom. The number of hydrogen-bond acceptors (Lipinski definition) is 7. The van der Waals surface area contributed by atoms with Gasteiger partial charge >= 0.3 is 0 Å². The quantitative estimate of drug-likeness (QED) is 0.275. The number of nitro groups is 1. The fourth-order valence-electron chi connectivity index (χ4n) is 1.89. The van der Waals surface area contributed by atoms with E-state index in [0.29, 0.717) is 11.3 Å². The van der Waals surface area contributed by atoms with Gasteiger partial charge in [0, 0.05) is 17.0 Å². The number of primary amides is 1. The maximum absolute atomic E-state index is 11.8. The third kappa shape index (κ3) is 6.89. The van der Waals surface area contributed by atoms with Gasteiger partial charge in [0.05, 0.1) is 21.9 Å². The summed E-state index contributed by atoms with van der Waals surface area (Å²) in [6, 6.07) is 10.6. The SMILES string of the molecule is NC(=O)COc1ccc(C=NNC(=O)CSc2ccc([N+](=O)[O-])cc2)cc1Cl. The molecule has 0 aromatic heterocycles. The first-order valence-corrected chi connectivity index (χ1v) is 9.11. The van der Waals surface area contributed by atoms with E-state index in [1.54, 1.807) is 30.3 Å². The molecule has 0 saturated carbocycles. The zero-order chi connectivity index (χ0) is 20.5. The van der Waals surface area contributed by atoms with Crippen molar-refractivity contribution in [3.05, 3.63) is 63.2 Å². The Morgan fingerprint density at radius 3 is 2.61 bits per heavy atom. The molecule has 0 aliphatic carbocycles. The molecule has 0 aliphatic rings. The van der Waals surface area contributed by atoms with E-state index in [1.807, 2.05) is 0 Å². The Balaban J connectivity index is 1.81. The number of ether oxygens (including phenoxy) is 1. The number of hydrogen-bond donors (Lipinski definition) is 2. The van der Waals surface area contributed by atoms with Crippen molar-refractivity contribution < 1.29 is 19.2 Å². The van der Waals surface area contributed by atoms with Gasteiger partial charge in [-0.25, -0.2) is 5.43 Å². The van der Waals surface area contributed by atoms with Crippen LogP contribution >= 0.6 is 23.4 Å². The summed E-state index contributed by atoms with van der Waals surface area (Å²) < 4.78 is 5.13. The molecule has 3 N–H and O–H groups in total. The molecule has 146 valence electrons. The summed E-state index contributed by atoms with van der Waals surface area (Å²) >= 11 is 7.25. The zero-order valence-corrected chi connectivity index (χ0v) is 15.9. The van der Waals surface area contributed by atoms with Crippen molar-refractivity contribution in [2.45, 2.75) is 4.90 Å². The van der Waals surface area contributed by atoms with Crippen LogP contribution in [0.25, 0.3) is 0 Å². The molecule has 0 fully saturated rings. The topological polar surface area (TPSA) is 137 Å². The highest BCUT2D eigenvalue weighted by atomic mass is 35.5. The van der Waals surface area contributed by atoms with E-state index in [2.05, 4.69) is 10.5 Å². The number of carbonyl (C=O) groups is 2. The van der Waals surface area contributed by atoms with Gasteiger partial charge in [0.2, 0.25) is 5.91 Å². The van der Waals surface area contributed by atoms with Crippen LogP contribution in [-0.2, 0) is 9.59 Å². The fourth-order valence-corrected chi connectivity index (χ4v) is 2.82. The van der Waals surface area contributed by atoms with Gasteiger partial charge < -0.3 is 10.5 Å². The van der Waals surface area contributed by atoms with E-state index in [0.717, 1.165) is 4.90 Å². The highest BCUT2D eigenvalue weighted by molar-refractivity contribution is 8.00. The van der Waals surface area contributed by atoms with Crippen molar-refractivity contribution in [1.82, 2.24) is 5.43 Å². The Morgan fingerprint density at radius 1 is 1.29 bits per heavy atom. The van der Waals surface area contributed by atoms with Crippen molar-refractivity contribution >= 4 is 47.1 Å². The second kappa shape index (κ2) is 10.3. The third-order valence-corrected chi connectivity index (χ3v) is 4.45. The summed E-state index contributed by atoms with van der Waals surface area (Å²) in [7, 11) is 0. The summed E-state index contributed by atoms with van der Waals surface area (Å²) in [6.45, 7) is -0.282. The van der Waals surface area contributed by atoms with E-state index in [1.165, 1.54) is 30.1 Å². The van der Waals surface area contributed by atoms with Crippen LogP contribution in [0.15, 0.2) is 52.5 Å². The molecule has 0 spiro atoms. The number of nitro benzene ring substituents is 1. The van der Waals surface area contributed by atoms with Crippen LogP contribution in [0, 0.1) is 10.1 Å². The van der Waals surface area contributed by atoms with Crippen molar-refractivity contribution in [2.24, 2.45) is 10.8 Å². The lowest BCUT2D eigenvalue weighted by atomic mass is 10.2. The number of nitrogens with zero attached hydrogens (tertiary/aromatic N) is 2. The van der Waals surface area contributed by atoms with Gasteiger partial charge in [-0.05, 0) is 35.9 Å². The molecule has 2 aromatic carbocycles. The molecule has 0 aliphatic heterocycles. The minimum atomic E-state index is -0.615. The molecule has 2 amide bonds. The number of nitrogens with two attached hydrogens (primary N) is 1. The van der Waals surface area contributed by atoms with E-state index < -0.39 is 10.8 Å². The monoisotopic (exact) mass is 422 g/mol. The van der Waals surface area contributed by atoms with Gasteiger partial charge in [-0.2, -0.15) is 5.10 Å². The first-order valence-electron chi connectivity index (χ1n) is 7.75. The maximum atomic E-state index is 11.8. The number of halogens is 1. The Hall–Kier alpha value is -3.11. The predicted molar refractivity (Wildman–Crippen MR) is 106 cm³/mol. The summed E-state index contributed by atoms with van der Waals surface area (Å²) in [6.07, 6.45) is 1.40. The lowest BCUT2D eigenvalue weighted by Crippen LogP contribution is -2.20. The highest BCUT2D eigenvalue weighted by Gasteiger charge is 2.07. The normalized spacial score (nSPS) is 10.6. The van der Waals surface area contributed by atoms with Crippen LogP contribution in [0.5, 0.6) is 5.75 Å². The molecule has 2 aromatic rings. The lowest BCUT2D eigenvalue weighted by molar-refractivity contribution is -0.384. The molecule has 0 unspecified atom stereocenters. The maximum Gasteiger partial charge on any atom is 0.269 e. The van der Waals surface area contributed by atoms with Gasteiger partial charge in [-0.3, -0.25) is 19.7 Å². The van der Waals surface area contributed by atoms with Crippen LogP contribution in [0.3, 0.4) is 0 Å². The van der Waals surface area contributed by atoms with E-state index >= 15 is 0 Å². The van der Waals surface area contributed by atoms with Gasteiger partial charge in [0.1, 0.15) is 5.75 Å². The first kappa shape index (κ1) is 21.2. The third-order valence-electron chi connectivity index (χ3n) is 3.15. The number of non-ortho nitro benzene ring substituents is 1. The molecular weight excluding hydrogens is 408 g/mol. The number of carbonyl (C=O) groups excluding carboxylic acids is 2. The second-order valence-electron chi connectivity index (χ2n) is 5.28. The molecule has 11 heteroatoms. The summed E-state index contributed by atoms with van der Waals surface area (Å²) in [5.74, 6) is -0.556. The summed E-state index contributed by atoms with van der Waals surface area (Å²) in [5.41, 5.74) is 7.97. The van der Waals surface area contributed by atoms with Gasteiger partial charge in [-0.15, -0.1) is 11.8 Å². The minimum Gasteiger partial charge on any atom is -0.482 e. The average molecular weight is 423 g/mol. The molecule has 0 bridgehead atoms. The largest absolute Gasteiger partial charge is 0.482 e.